The van der Waals surface area contributed by atoms with Gasteiger partial charge in [0.2, 0.25) is 5.91 Å². The van der Waals surface area contributed by atoms with Crippen molar-refractivity contribution in [3.05, 3.63) is 35.6 Å². The Morgan fingerprint density at radius 2 is 2.09 bits per heavy atom. The fourth-order valence-electron chi connectivity index (χ4n) is 2.56. The predicted octanol–water partition coefficient (Wildman–Crippen LogP) is 1.55. The number of carbonyl (C=O) groups excluding carboxylic acids is 1. The number of hydrogen-bond acceptors (Lipinski definition) is 4. The van der Waals surface area contributed by atoms with Crippen molar-refractivity contribution in [3.8, 4) is 0 Å². The summed E-state index contributed by atoms with van der Waals surface area (Å²) in [6, 6.07) is 5.90. The van der Waals surface area contributed by atoms with Crippen molar-refractivity contribution in [2.75, 3.05) is 32.1 Å². The number of sulfone groups is 1. The van der Waals surface area contributed by atoms with Crippen LogP contribution in [0.2, 0.25) is 0 Å². The number of ether oxygens (including phenoxy) is 1. The highest BCUT2D eigenvalue weighted by atomic mass is 32.2. The summed E-state index contributed by atoms with van der Waals surface area (Å²) in [4.78, 5) is 13.4. The zero-order valence-electron chi connectivity index (χ0n) is 12.5. The lowest BCUT2D eigenvalue weighted by atomic mass is 10.1. The van der Waals surface area contributed by atoms with Crippen LogP contribution in [-0.2, 0) is 19.4 Å². The standard InChI is InChI=1S/C15H20FNO4S/c1-2-21-11-15(18)17-8-7-14(22(19,20)10-9-17)12-5-3-4-6-13(12)16/h3-6,14H,2,7-11H2,1H3. The molecule has 22 heavy (non-hydrogen) atoms. The van der Waals surface area contributed by atoms with Crippen LogP contribution >= 0.6 is 0 Å². The lowest BCUT2D eigenvalue weighted by molar-refractivity contribution is -0.135. The third-order valence-corrected chi connectivity index (χ3v) is 5.88. The van der Waals surface area contributed by atoms with Crippen molar-refractivity contribution in [2.24, 2.45) is 0 Å². The number of carbonyl (C=O) groups is 1. The molecule has 2 rings (SSSR count). The van der Waals surface area contributed by atoms with Crippen molar-refractivity contribution in [1.29, 1.82) is 0 Å². The highest BCUT2D eigenvalue weighted by molar-refractivity contribution is 7.91. The molecule has 1 saturated heterocycles. The van der Waals surface area contributed by atoms with Crippen LogP contribution in [-0.4, -0.2) is 51.3 Å². The second kappa shape index (κ2) is 7.19. The summed E-state index contributed by atoms with van der Waals surface area (Å²) in [5.41, 5.74) is 0.182. The minimum Gasteiger partial charge on any atom is -0.372 e. The fourth-order valence-corrected chi connectivity index (χ4v) is 4.36. The largest absolute Gasteiger partial charge is 0.372 e. The predicted molar refractivity (Wildman–Crippen MR) is 80.6 cm³/mol. The van der Waals surface area contributed by atoms with E-state index in [9.17, 15) is 17.6 Å². The first kappa shape index (κ1) is 16.9. The van der Waals surface area contributed by atoms with Crippen LogP contribution < -0.4 is 0 Å². The SMILES string of the molecule is CCOCC(=O)N1CCC(c2ccccc2F)S(=O)(=O)CC1. The molecule has 1 aliphatic rings. The maximum Gasteiger partial charge on any atom is 0.248 e. The van der Waals surface area contributed by atoms with E-state index in [1.807, 2.05) is 0 Å². The molecule has 0 radical (unpaired) electrons. The molecule has 0 N–H and O–H groups in total. The summed E-state index contributed by atoms with van der Waals surface area (Å²) < 4.78 is 43.8. The quantitative estimate of drug-likeness (QED) is 0.841. The van der Waals surface area contributed by atoms with Crippen LogP contribution in [0, 0.1) is 5.82 Å². The van der Waals surface area contributed by atoms with Crippen LogP contribution in [0.25, 0.3) is 0 Å². The van der Waals surface area contributed by atoms with Gasteiger partial charge < -0.3 is 9.64 Å². The van der Waals surface area contributed by atoms with Gasteiger partial charge in [0.25, 0.3) is 0 Å². The lowest BCUT2D eigenvalue weighted by Crippen LogP contribution is -2.36. The maximum atomic E-state index is 13.9. The summed E-state index contributed by atoms with van der Waals surface area (Å²) in [6.45, 7) is 2.56. The van der Waals surface area contributed by atoms with E-state index in [4.69, 9.17) is 4.74 Å². The Labute approximate surface area is 130 Å². The Morgan fingerprint density at radius 3 is 2.77 bits per heavy atom. The second-order valence-corrected chi connectivity index (χ2v) is 7.49. The third kappa shape index (κ3) is 3.84. The first-order valence-corrected chi connectivity index (χ1v) is 8.98. The normalized spacial score (nSPS) is 21.4. The number of halogens is 1. The van der Waals surface area contributed by atoms with Crippen molar-refractivity contribution in [1.82, 2.24) is 4.90 Å². The van der Waals surface area contributed by atoms with E-state index in [2.05, 4.69) is 0 Å². The van der Waals surface area contributed by atoms with E-state index in [0.29, 0.717) is 6.61 Å². The zero-order valence-corrected chi connectivity index (χ0v) is 13.3. The number of benzene rings is 1. The monoisotopic (exact) mass is 329 g/mol. The van der Waals surface area contributed by atoms with Gasteiger partial charge in [0.15, 0.2) is 9.84 Å². The highest BCUT2D eigenvalue weighted by Crippen LogP contribution is 2.31. The van der Waals surface area contributed by atoms with E-state index >= 15 is 0 Å². The molecule has 0 aromatic heterocycles. The summed E-state index contributed by atoms with van der Waals surface area (Å²) in [6.07, 6.45) is 0.196. The third-order valence-electron chi connectivity index (χ3n) is 3.77. The van der Waals surface area contributed by atoms with E-state index in [1.165, 1.54) is 23.1 Å². The topological polar surface area (TPSA) is 63.7 Å². The Kier molecular flexibility index (Phi) is 5.52. The molecule has 1 heterocycles. The van der Waals surface area contributed by atoms with Gasteiger partial charge in [-0.2, -0.15) is 0 Å². The summed E-state index contributed by atoms with van der Waals surface area (Å²) in [5, 5.41) is -0.904. The van der Waals surface area contributed by atoms with Crippen LogP contribution in [0.3, 0.4) is 0 Å². The van der Waals surface area contributed by atoms with Crippen molar-refractivity contribution in [2.45, 2.75) is 18.6 Å². The zero-order chi connectivity index (χ0) is 16.2. The van der Waals surface area contributed by atoms with Crippen LogP contribution in [0.5, 0.6) is 0 Å². The van der Waals surface area contributed by atoms with Gasteiger partial charge in [-0.25, -0.2) is 12.8 Å². The van der Waals surface area contributed by atoms with E-state index in [1.54, 1.807) is 13.0 Å². The Hall–Kier alpha value is -1.47. The van der Waals surface area contributed by atoms with Gasteiger partial charge >= 0.3 is 0 Å². The molecule has 1 amide bonds. The van der Waals surface area contributed by atoms with Crippen LogP contribution in [0.4, 0.5) is 4.39 Å². The van der Waals surface area contributed by atoms with Crippen LogP contribution in [0.15, 0.2) is 24.3 Å². The van der Waals surface area contributed by atoms with Gasteiger partial charge in [-0.1, -0.05) is 18.2 Å². The van der Waals surface area contributed by atoms with Crippen molar-refractivity contribution >= 4 is 15.7 Å². The van der Waals surface area contributed by atoms with Crippen molar-refractivity contribution < 1.29 is 22.3 Å². The van der Waals surface area contributed by atoms with Crippen LogP contribution in [0.1, 0.15) is 24.2 Å². The molecule has 0 aliphatic carbocycles. The summed E-state index contributed by atoms with van der Waals surface area (Å²) >= 11 is 0. The molecule has 1 fully saturated rings. The molecule has 0 bridgehead atoms. The molecule has 7 heteroatoms. The second-order valence-electron chi connectivity index (χ2n) is 5.18. The van der Waals surface area contributed by atoms with E-state index < -0.39 is 20.9 Å². The Morgan fingerprint density at radius 1 is 1.36 bits per heavy atom. The smallest absolute Gasteiger partial charge is 0.248 e. The molecule has 1 unspecified atom stereocenters. The van der Waals surface area contributed by atoms with Crippen molar-refractivity contribution in [3.63, 3.8) is 0 Å². The Bertz CT molecular complexity index is 632. The van der Waals surface area contributed by atoms with Gasteiger partial charge in [-0.15, -0.1) is 0 Å². The summed E-state index contributed by atoms with van der Waals surface area (Å²) in [5.74, 6) is -0.916. The number of amides is 1. The lowest BCUT2D eigenvalue weighted by Gasteiger charge is -2.19. The minimum absolute atomic E-state index is 0.0547. The Balaban J connectivity index is 2.18. The summed E-state index contributed by atoms with van der Waals surface area (Å²) in [7, 11) is -3.50. The molecule has 0 spiro atoms. The van der Waals surface area contributed by atoms with E-state index in [-0.39, 0.29) is 43.3 Å². The minimum atomic E-state index is -3.50. The van der Waals surface area contributed by atoms with Gasteiger partial charge in [-0.05, 0) is 19.4 Å². The molecule has 1 aliphatic heterocycles. The fraction of sp³-hybridized carbons (Fsp3) is 0.533. The molecule has 122 valence electrons. The molecular formula is C15H20FNO4S. The first-order chi connectivity index (χ1) is 10.5. The first-order valence-electron chi connectivity index (χ1n) is 7.27. The number of rotatable bonds is 4. The van der Waals surface area contributed by atoms with Gasteiger partial charge in [0, 0.05) is 25.3 Å². The molecule has 0 saturated carbocycles. The maximum absolute atomic E-state index is 13.9. The number of hydrogen-bond donors (Lipinski definition) is 0. The van der Waals surface area contributed by atoms with E-state index in [0.717, 1.165) is 0 Å². The van der Waals surface area contributed by atoms with Gasteiger partial charge in [0.1, 0.15) is 12.4 Å². The molecule has 1 aromatic rings. The molecular weight excluding hydrogens is 309 g/mol. The number of nitrogens with zero attached hydrogens (tertiary/aromatic N) is 1. The highest BCUT2D eigenvalue weighted by Gasteiger charge is 2.33. The molecule has 1 aromatic carbocycles. The average Bonchev–Trinajstić information content (AvgIpc) is 2.64. The average molecular weight is 329 g/mol. The van der Waals surface area contributed by atoms with Gasteiger partial charge in [-0.3, -0.25) is 4.79 Å². The van der Waals surface area contributed by atoms with Gasteiger partial charge in [0.05, 0.1) is 11.0 Å². The molecule has 1 atom stereocenters. The molecule has 5 nitrogen and oxygen atoms in total.